The van der Waals surface area contributed by atoms with E-state index in [4.69, 9.17) is 4.74 Å². The van der Waals surface area contributed by atoms with Crippen LogP contribution < -0.4 is 10.1 Å². The van der Waals surface area contributed by atoms with Crippen LogP contribution in [0.25, 0.3) is 0 Å². The standard InChI is InChI=1S/C33H41FN4O6/c1-3-27-19-36(31(40)24-15-25(34)18-26(16-24)35-21(2)39)13-14-38(27)32(41)23-9-10-30(29(17-23)22-7-5-4-6-8-22)44-28-11-12-37(20-28)33(42)43/h9-10,15-18,22,27-28H,3-8,11-14,19-20H2,1-2H3,(H,35,39)(H,42,43)/t27-,28-/m0/s1. The van der Waals surface area contributed by atoms with Crippen LogP contribution in [0.3, 0.4) is 0 Å². The average Bonchev–Trinajstić information content (AvgIpc) is 3.49. The Morgan fingerprint density at radius 1 is 0.909 bits per heavy atom. The molecule has 1 saturated carbocycles. The van der Waals surface area contributed by atoms with Gasteiger partial charge in [-0.15, -0.1) is 0 Å². The van der Waals surface area contributed by atoms with E-state index in [1.54, 1.807) is 11.0 Å². The van der Waals surface area contributed by atoms with Crippen molar-refractivity contribution in [1.29, 1.82) is 0 Å². The smallest absolute Gasteiger partial charge is 0.407 e. The zero-order chi connectivity index (χ0) is 31.4. The number of anilines is 1. The number of carboxylic acid groups (broad SMARTS) is 1. The highest BCUT2D eigenvalue weighted by Gasteiger charge is 2.34. The number of hydrogen-bond donors (Lipinski definition) is 2. The zero-order valence-electron chi connectivity index (χ0n) is 25.4. The Labute approximate surface area is 257 Å². The number of nitrogens with zero attached hydrogens (tertiary/aromatic N) is 3. The minimum absolute atomic E-state index is 0.107. The van der Waals surface area contributed by atoms with E-state index in [1.165, 1.54) is 30.4 Å². The molecule has 2 aromatic rings. The predicted octanol–water partition coefficient (Wildman–Crippen LogP) is 5.34. The van der Waals surface area contributed by atoms with Gasteiger partial charge in [0.25, 0.3) is 11.8 Å². The Kier molecular flexibility index (Phi) is 9.71. The summed E-state index contributed by atoms with van der Waals surface area (Å²) >= 11 is 0. The topological polar surface area (TPSA) is 119 Å². The fourth-order valence-electron chi connectivity index (χ4n) is 6.69. The molecule has 2 heterocycles. The van der Waals surface area contributed by atoms with Crippen molar-refractivity contribution in [1.82, 2.24) is 14.7 Å². The Morgan fingerprint density at radius 3 is 2.36 bits per heavy atom. The minimum atomic E-state index is -0.942. The van der Waals surface area contributed by atoms with Crippen LogP contribution in [0.15, 0.2) is 36.4 Å². The lowest BCUT2D eigenvalue weighted by atomic mass is 9.83. The maximum Gasteiger partial charge on any atom is 0.407 e. The molecular formula is C33H41FN4O6. The highest BCUT2D eigenvalue weighted by Crippen LogP contribution is 2.39. The molecule has 0 unspecified atom stereocenters. The molecule has 11 heteroatoms. The summed E-state index contributed by atoms with van der Waals surface area (Å²) in [7, 11) is 0. The molecule has 4 amide bonds. The van der Waals surface area contributed by atoms with Crippen molar-refractivity contribution >= 4 is 29.5 Å². The molecule has 2 atom stereocenters. The van der Waals surface area contributed by atoms with Gasteiger partial charge in [-0.2, -0.15) is 0 Å². The first-order valence-corrected chi connectivity index (χ1v) is 15.6. The second kappa shape index (κ2) is 13.7. The van der Waals surface area contributed by atoms with Crippen molar-refractivity contribution < 1.29 is 33.4 Å². The summed E-state index contributed by atoms with van der Waals surface area (Å²) in [5.74, 6) is -0.439. The second-order valence-electron chi connectivity index (χ2n) is 12.1. The lowest BCUT2D eigenvalue weighted by molar-refractivity contribution is -0.114. The molecule has 0 bridgehead atoms. The number of halogens is 1. The van der Waals surface area contributed by atoms with Crippen molar-refractivity contribution in [2.45, 2.75) is 76.9 Å². The number of rotatable bonds is 7. The second-order valence-corrected chi connectivity index (χ2v) is 12.1. The Bertz CT molecular complexity index is 1410. The highest BCUT2D eigenvalue weighted by molar-refractivity contribution is 5.98. The fourth-order valence-corrected chi connectivity index (χ4v) is 6.69. The van der Waals surface area contributed by atoms with Crippen LogP contribution in [-0.2, 0) is 4.79 Å². The van der Waals surface area contributed by atoms with Gasteiger partial charge in [-0.1, -0.05) is 26.2 Å². The van der Waals surface area contributed by atoms with Gasteiger partial charge >= 0.3 is 6.09 Å². The summed E-state index contributed by atoms with van der Waals surface area (Å²) in [6.45, 7) is 5.00. The molecule has 10 nitrogen and oxygen atoms in total. The fraction of sp³-hybridized carbons (Fsp3) is 0.515. The number of likely N-dealkylation sites (tertiary alicyclic amines) is 1. The lowest BCUT2D eigenvalue weighted by Gasteiger charge is -2.41. The summed E-state index contributed by atoms with van der Waals surface area (Å²) in [6.07, 6.45) is 5.54. The summed E-state index contributed by atoms with van der Waals surface area (Å²) in [5.41, 5.74) is 1.94. The predicted molar refractivity (Wildman–Crippen MR) is 163 cm³/mol. The van der Waals surface area contributed by atoms with E-state index in [2.05, 4.69) is 5.32 Å². The third kappa shape index (κ3) is 7.14. The number of piperazine rings is 1. The third-order valence-corrected chi connectivity index (χ3v) is 8.98. The van der Waals surface area contributed by atoms with E-state index in [0.29, 0.717) is 51.1 Å². The van der Waals surface area contributed by atoms with Gasteiger partial charge in [-0.05, 0) is 67.1 Å². The maximum atomic E-state index is 14.3. The van der Waals surface area contributed by atoms with Gasteiger partial charge in [0.1, 0.15) is 17.7 Å². The molecule has 2 N–H and O–H groups in total. The van der Waals surface area contributed by atoms with Crippen LogP contribution in [0.1, 0.15) is 91.0 Å². The third-order valence-electron chi connectivity index (χ3n) is 8.98. The van der Waals surface area contributed by atoms with E-state index >= 15 is 0 Å². The maximum absolute atomic E-state index is 14.3. The van der Waals surface area contributed by atoms with Gasteiger partial charge in [-0.25, -0.2) is 9.18 Å². The van der Waals surface area contributed by atoms with Crippen molar-refractivity contribution in [3.63, 3.8) is 0 Å². The van der Waals surface area contributed by atoms with Crippen molar-refractivity contribution in [2.75, 3.05) is 38.0 Å². The molecule has 236 valence electrons. The van der Waals surface area contributed by atoms with Crippen LogP contribution in [0.2, 0.25) is 0 Å². The van der Waals surface area contributed by atoms with Gasteiger partial charge in [0, 0.05) is 62.4 Å². The molecule has 2 saturated heterocycles. The number of nitrogens with one attached hydrogen (secondary N) is 1. The van der Waals surface area contributed by atoms with Gasteiger partial charge in [0.05, 0.1) is 6.54 Å². The molecule has 1 aliphatic carbocycles. The number of carbonyl (C=O) groups is 4. The van der Waals surface area contributed by atoms with Crippen molar-refractivity contribution in [3.05, 3.63) is 58.9 Å². The summed E-state index contributed by atoms with van der Waals surface area (Å²) in [4.78, 5) is 55.0. The number of ether oxygens (including phenoxy) is 1. The average molecular weight is 609 g/mol. The molecule has 2 aliphatic heterocycles. The SMILES string of the molecule is CC[C@H]1CN(C(=O)c2cc(F)cc(NC(C)=O)c2)CCN1C(=O)c1ccc(O[C@H]2CCN(C(=O)O)C2)c(C2CCCCC2)c1. The Morgan fingerprint density at radius 2 is 1.68 bits per heavy atom. The molecule has 0 aromatic heterocycles. The van der Waals surface area contributed by atoms with E-state index in [-0.39, 0.29) is 47.0 Å². The van der Waals surface area contributed by atoms with Crippen LogP contribution in [-0.4, -0.2) is 88.5 Å². The van der Waals surface area contributed by atoms with E-state index in [9.17, 15) is 28.7 Å². The first-order valence-electron chi connectivity index (χ1n) is 15.6. The molecule has 0 spiro atoms. The van der Waals surface area contributed by atoms with Gasteiger partial charge in [0.2, 0.25) is 5.91 Å². The van der Waals surface area contributed by atoms with E-state index in [1.807, 2.05) is 24.0 Å². The molecule has 3 aliphatic rings. The summed E-state index contributed by atoms with van der Waals surface area (Å²) < 4.78 is 20.6. The monoisotopic (exact) mass is 608 g/mol. The van der Waals surface area contributed by atoms with E-state index in [0.717, 1.165) is 43.1 Å². The van der Waals surface area contributed by atoms with Gasteiger partial charge in [-0.3, -0.25) is 14.4 Å². The lowest BCUT2D eigenvalue weighted by Crippen LogP contribution is -2.56. The largest absolute Gasteiger partial charge is 0.488 e. The zero-order valence-corrected chi connectivity index (χ0v) is 25.4. The minimum Gasteiger partial charge on any atom is -0.488 e. The highest BCUT2D eigenvalue weighted by atomic mass is 19.1. The summed E-state index contributed by atoms with van der Waals surface area (Å²) in [6, 6.07) is 9.17. The van der Waals surface area contributed by atoms with Crippen LogP contribution in [0.4, 0.5) is 14.9 Å². The molecule has 0 radical (unpaired) electrons. The first-order chi connectivity index (χ1) is 21.1. The van der Waals surface area contributed by atoms with Gasteiger partial charge in [0.15, 0.2) is 0 Å². The number of carbonyl (C=O) groups excluding carboxylic acids is 3. The van der Waals surface area contributed by atoms with Crippen LogP contribution >= 0.6 is 0 Å². The molecular weight excluding hydrogens is 567 g/mol. The molecule has 2 aromatic carbocycles. The quantitative estimate of drug-likeness (QED) is 0.438. The number of benzene rings is 2. The molecule has 5 rings (SSSR count). The van der Waals surface area contributed by atoms with Crippen LogP contribution in [0, 0.1) is 5.82 Å². The van der Waals surface area contributed by atoms with Crippen LogP contribution in [0.5, 0.6) is 5.75 Å². The normalized spacial score (nSPS) is 20.8. The van der Waals surface area contributed by atoms with Crippen molar-refractivity contribution in [3.8, 4) is 5.75 Å². The Hall–Kier alpha value is -4.15. The van der Waals surface area contributed by atoms with Crippen molar-refractivity contribution in [2.24, 2.45) is 0 Å². The molecule has 44 heavy (non-hydrogen) atoms. The van der Waals surface area contributed by atoms with Gasteiger partial charge < -0.3 is 29.9 Å². The Balaban J connectivity index is 1.32. The summed E-state index contributed by atoms with van der Waals surface area (Å²) in [5, 5.41) is 11.9. The molecule has 3 fully saturated rings. The number of amides is 4. The van der Waals surface area contributed by atoms with E-state index < -0.39 is 11.9 Å². The number of hydrogen-bond acceptors (Lipinski definition) is 5. The first kappa shape index (κ1) is 31.3.